The molecular weight excluding hydrogens is 336 g/mol. The first-order valence-corrected chi connectivity index (χ1v) is 10.3. The summed E-state index contributed by atoms with van der Waals surface area (Å²) >= 11 is 1.70. The number of aryl methyl sites for hydroxylation is 1. The van der Waals surface area contributed by atoms with Crippen LogP contribution in [0.25, 0.3) is 11.0 Å². The number of aliphatic hydroxyl groups excluding tert-OH is 1. The molecule has 6 nitrogen and oxygen atoms in total. The lowest BCUT2D eigenvalue weighted by Gasteiger charge is -2.16. The lowest BCUT2D eigenvalue weighted by atomic mass is 10.1. The maximum absolute atomic E-state index is 12.8. The van der Waals surface area contributed by atoms with Gasteiger partial charge >= 0.3 is 0 Å². The first kappa shape index (κ1) is 18.2. The number of hydrogen-bond acceptors (Lipinski definition) is 5. The highest BCUT2D eigenvalue weighted by Gasteiger charge is 2.23. The quantitative estimate of drug-likeness (QED) is 0.792. The van der Waals surface area contributed by atoms with E-state index in [9.17, 15) is 9.90 Å². The van der Waals surface area contributed by atoms with Gasteiger partial charge in [-0.1, -0.05) is 12.8 Å². The number of aromatic nitrogens is 3. The Balaban J connectivity index is 1.89. The van der Waals surface area contributed by atoms with E-state index in [1.54, 1.807) is 24.0 Å². The molecule has 1 aliphatic rings. The molecule has 2 aromatic heterocycles. The maximum Gasteiger partial charge on any atom is 0.252 e. The maximum atomic E-state index is 12.8. The zero-order chi connectivity index (χ0) is 17.8. The van der Waals surface area contributed by atoms with Crippen molar-refractivity contribution < 1.29 is 9.90 Å². The van der Waals surface area contributed by atoms with Gasteiger partial charge in [-0.3, -0.25) is 4.79 Å². The van der Waals surface area contributed by atoms with Crippen LogP contribution in [-0.4, -0.2) is 50.4 Å². The molecule has 0 radical (unpaired) electrons. The predicted octanol–water partition coefficient (Wildman–Crippen LogP) is 2.70. The van der Waals surface area contributed by atoms with Gasteiger partial charge in [0.15, 0.2) is 5.65 Å². The zero-order valence-electron chi connectivity index (χ0n) is 14.9. The van der Waals surface area contributed by atoms with Crippen molar-refractivity contribution in [2.45, 2.75) is 51.1 Å². The first-order valence-electron chi connectivity index (χ1n) is 8.89. The fourth-order valence-corrected chi connectivity index (χ4v) is 4.00. The molecule has 7 heteroatoms. The summed E-state index contributed by atoms with van der Waals surface area (Å²) in [5.74, 6) is 0.734. The highest BCUT2D eigenvalue weighted by molar-refractivity contribution is 7.98. The molecule has 2 aromatic rings. The van der Waals surface area contributed by atoms with Crippen molar-refractivity contribution in [2.24, 2.45) is 0 Å². The van der Waals surface area contributed by atoms with Crippen LogP contribution in [0.2, 0.25) is 0 Å². The van der Waals surface area contributed by atoms with Crippen LogP contribution in [0.15, 0.2) is 12.3 Å². The van der Waals surface area contributed by atoms with E-state index in [4.69, 9.17) is 0 Å². The average molecular weight is 362 g/mol. The molecule has 3 rings (SSSR count). The highest BCUT2D eigenvalue weighted by Crippen LogP contribution is 2.32. The molecule has 1 aliphatic carbocycles. The Bertz CT molecular complexity index is 740. The van der Waals surface area contributed by atoms with Gasteiger partial charge in [0.05, 0.1) is 35.8 Å². The van der Waals surface area contributed by atoms with Crippen molar-refractivity contribution in [1.82, 2.24) is 20.1 Å². The average Bonchev–Trinajstić information content (AvgIpc) is 3.26. The number of carbonyl (C=O) groups is 1. The van der Waals surface area contributed by atoms with E-state index in [0.29, 0.717) is 11.6 Å². The number of nitrogens with zero attached hydrogens (tertiary/aromatic N) is 3. The lowest BCUT2D eigenvalue weighted by molar-refractivity contribution is 0.0917. The van der Waals surface area contributed by atoms with Crippen molar-refractivity contribution in [3.8, 4) is 0 Å². The van der Waals surface area contributed by atoms with Crippen LogP contribution >= 0.6 is 11.8 Å². The fourth-order valence-electron chi connectivity index (χ4n) is 3.48. The third-order valence-electron chi connectivity index (χ3n) is 4.84. The van der Waals surface area contributed by atoms with Gasteiger partial charge in [-0.2, -0.15) is 16.9 Å². The Morgan fingerprint density at radius 3 is 2.92 bits per heavy atom. The number of aliphatic hydroxyl groups is 1. The van der Waals surface area contributed by atoms with Gasteiger partial charge < -0.3 is 10.4 Å². The van der Waals surface area contributed by atoms with Crippen LogP contribution < -0.4 is 5.32 Å². The molecule has 0 bridgehead atoms. The smallest absolute Gasteiger partial charge is 0.252 e. The third-order valence-corrected chi connectivity index (χ3v) is 5.48. The molecule has 136 valence electrons. The number of hydrogen-bond donors (Lipinski definition) is 2. The number of carbonyl (C=O) groups excluding carboxylic acids is 1. The molecule has 0 unspecified atom stereocenters. The van der Waals surface area contributed by atoms with Gasteiger partial charge in [0.1, 0.15) is 0 Å². The van der Waals surface area contributed by atoms with Gasteiger partial charge in [-0.05, 0) is 44.3 Å². The molecule has 0 aliphatic heterocycles. The number of rotatable bonds is 7. The summed E-state index contributed by atoms with van der Waals surface area (Å²) in [4.78, 5) is 17.4. The lowest BCUT2D eigenvalue weighted by Crippen LogP contribution is -2.38. The molecule has 1 saturated carbocycles. The summed E-state index contributed by atoms with van der Waals surface area (Å²) < 4.78 is 1.99. The Kier molecular flexibility index (Phi) is 5.96. The number of pyridine rings is 1. The molecule has 2 heterocycles. The van der Waals surface area contributed by atoms with Crippen molar-refractivity contribution in [1.29, 1.82) is 0 Å². The fraction of sp³-hybridized carbons (Fsp3) is 0.611. The van der Waals surface area contributed by atoms with E-state index in [-0.39, 0.29) is 18.6 Å². The summed E-state index contributed by atoms with van der Waals surface area (Å²) in [6.07, 6.45) is 9.20. The Morgan fingerprint density at radius 2 is 2.24 bits per heavy atom. The minimum atomic E-state index is -0.228. The monoisotopic (exact) mass is 362 g/mol. The second kappa shape index (κ2) is 8.19. The number of fused-ring (bicyclic) bond motifs is 1. The molecule has 1 amide bonds. The van der Waals surface area contributed by atoms with Crippen molar-refractivity contribution in [2.75, 3.05) is 18.6 Å². The van der Waals surface area contributed by atoms with E-state index in [1.807, 2.05) is 17.9 Å². The minimum absolute atomic E-state index is 0.0547. The van der Waals surface area contributed by atoms with E-state index >= 15 is 0 Å². The second-order valence-electron chi connectivity index (χ2n) is 6.71. The molecule has 0 saturated heterocycles. The number of amides is 1. The van der Waals surface area contributed by atoms with Gasteiger partial charge in [-0.25, -0.2) is 9.67 Å². The molecule has 1 fully saturated rings. The normalized spacial score (nSPS) is 16.4. The summed E-state index contributed by atoms with van der Waals surface area (Å²) in [6.45, 7) is 1.85. The number of nitrogens with one attached hydrogen (secondary N) is 1. The SMILES string of the molecule is CSCC[C@H](CO)NC(=O)c1cc(C)nc2c1cnn2C1CCCC1. The van der Waals surface area contributed by atoms with Gasteiger partial charge in [0.2, 0.25) is 0 Å². The molecule has 1 atom stereocenters. The highest BCUT2D eigenvalue weighted by atomic mass is 32.2. The molecule has 25 heavy (non-hydrogen) atoms. The van der Waals surface area contributed by atoms with Crippen LogP contribution in [0.1, 0.15) is 54.2 Å². The topological polar surface area (TPSA) is 80.0 Å². The van der Waals surface area contributed by atoms with Crippen molar-refractivity contribution in [3.63, 3.8) is 0 Å². The molecule has 2 N–H and O–H groups in total. The van der Waals surface area contributed by atoms with Crippen LogP contribution in [0.3, 0.4) is 0 Å². The predicted molar refractivity (Wildman–Crippen MR) is 101 cm³/mol. The molecular formula is C18H26N4O2S. The van der Waals surface area contributed by atoms with Crippen LogP contribution in [0, 0.1) is 6.92 Å². The van der Waals surface area contributed by atoms with E-state index in [0.717, 1.165) is 41.7 Å². The van der Waals surface area contributed by atoms with Crippen LogP contribution in [0.4, 0.5) is 0 Å². The standard InChI is InChI=1S/C18H26N4O2S/c1-12-9-15(18(24)21-13(11-23)7-8-25-2)16-10-19-22(17(16)20-12)14-5-3-4-6-14/h9-10,13-14,23H,3-8,11H2,1-2H3,(H,21,24)/t13-/m1/s1. The minimum Gasteiger partial charge on any atom is -0.394 e. The summed E-state index contributed by atoms with van der Waals surface area (Å²) in [5, 5.41) is 17.8. The van der Waals surface area contributed by atoms with Gasteiger partial charge in [-0.15, -0.1) is 0 Å². The van der Waals surface area contributed by atoms with E-state index in [2.05, 4.69) is 15.4 Å². The van der Waals surface area contributed by atoms with Crippen LogP contribution in [0.5, 0.6) is 0 Å². The second-order valence-corrected chi connectivity index (χ2v) is 7.70. The van der Waals surface area contributed by atoms with Gasteiger partial charge in [0, 0.05) is 5.69 Å². The first-order chi connectivity index (χ1) is 12.1. The third kappa shape index (κ3) is 3.98. The Labute approximate surface area is 152 Å². The molecule has 0 spiro atoms. The molecule has 0 aromatic carbocycles. The van der Waals surface area contributed by atoms with E-state index in [1.165, 1.54) is 12.8 Å². The zero-order valence-corrected chi connectivity index (χ0v) is 15.7. The summed E-state index contributed by atoms with van der Waals surface area (Å²) in [5.41, 5.74) is 2.19. The van der Waals surface area contributed by atoms with Crippen molar-refractivity contribution >= 4 is 28.7 Å². The summed E-state index contributed by atoms with van der Waals surface area (Å²) in [7, 11) is 0. The Morgan fingerprint density at radius 1 is 1.48 bits per heavy atom. The summed E-state index contributed by atoms with van der Waals surface area (Å²) in [6, 6.07) is 1.96. The Hall–Kier alpha value is -1.60. The van der Waals surface area contributed by atoms with Crippen LogP contribution in [-0.2, 0) is 0 Å². The van der Waals surface area contributed by atoms with Crippen molar-refractivity contribution in [3.05, 3.63) is 23.5 Å². The largest absolute Gasteiger partial charge is 0.394 e. The van der Waals surface area contributed by atoms with Gasteiger partial charge in [0.25, 0.3) is 5.91 Å². The number of thioether (sulfide) groups is 1. The van der Waals surface area contributed by atoms with E-state index < -0.39 is 0 Å².